The number of ether oxygens (including phenoxy) is 1. The second-order valence-electron chi connectivity index (χ2n) is 6.09. The van der Waals surface area contributed by atoms with Crippen molar-refractivity contribution in [3.63, 3.8) is 0 Å². The van der Waals surface area contributed by atoms with Gasteiger partial charge in [-0.15, -0.1) is 0 Å². The average Bonchev–Trinajstić information content (AvgIpc) is 2.63. The molecule has 1 fully saturated rings. The zero-order valence-corrected chi connectivity index (χ0v) is 15.9. The summed E-state index contributed by atoms with van der Waals surface area (Å²) in [5.41, 5.74) is 0.764. The van der Waals surface area contributed by atoms with E-state index in [2.05, 4.69) is 25.8 Å². The third-order valence-electron chi connectivity index (χ3n) is 4.32. The molecule has 0 N–H and O–H groups in total. The van der Waals surface area contributed by atoms with Gasteiger partial charge in [-0.05, 0) is 46.6 Å². The van der Waals surface area contributed by atoms with Gasteiger partial charge in [0.15, 0.2) is 17.5 Å². The molecule has 1 aliphatic rings. The summed E-state index contributed by atoms with van der Waals surface area (Å²) >= 11 is 3.35. The fourth-order valence-electron chi connectivity index (χ4n) is 2.95. The first kappa shape index (κ1) is 19.1. The Balaban J connectivity index is 1.94. The van der Waals surface area contributed by atoms with Gasteiger partial charge in [-0.1, -0.05) is 0 Å². The van der Waals surface area contributed by atoms with E-state index in [9.17, 15) is 13.2 Å². The van der Waals surface area contributed by atoms with Crippen LogP contribution >= 0.6 is 15.9 Å². The number of benzene rings is 1. The Morgan fingerprint density at radius 2 is 1.92 bits per heavy atom. The predicted molar refractivity (Wildman–Crippen MR) is 97.3 cm³/mol. The van der Waals surface area contributed by atoms with Crippen molar-refractivity contribution >= 4 is 27.4 Å². The van der Waals surface area contributed by atoms with E-state index in [-0.39, 0.29) is 5.69 Å². The lowest BCUT2D eigenvalue weighted by Crippen LogP contribution is -2.41. The van der Waals surface area contributed by atoms with Crippen molar-refractivity contribution in [1.29, 1.82) is 0 Å². The number of pyridine rings is 1. The molecule has 0 amide bonds. The standard InChI is InChI=1S/C18H19BrF3N3O/c1-12-10-13(19)11-23-18(12)25(5-4-24-6-8-26-9-7-24)15-3-2-14(20)16(21)17(15)22/h2-3,10-11H,4-9H2,1H3. The summed E-state index contributed by atoms with van der Waals surface area (Å²) in [4.78, 5) is 8.14. The van der Waals surface area contributed by atoms with E-state index in [0.717, 1.165) is 29.2 Å². The molecule has 0 atom stereocenters. The van der Waals surface area contributed by atoms with Crippen molar-refractivity contribution in [3.8, 4) is 0 Å². The highest BCUT2D eigenvalue weighted by molar-refractivity contribution is 9.10. The number of aromatic nitrogens is 1. The van der Waals surface area contributed by atoms with Gasteiger partial charge < -0.3 is 9.64 Å². The molecule has 0 aliphatic carbocycles. The topological polar surface area (TPSA) is 28.6 Å². The van der Waals surface area contributed by atoms with Gasteiger partial charge in [0, 0.05) is 36.8 Å². The van der Waals surface area contributed by atoms with Crippen molar-refractivity contribution < 1.29 is 17.9 Å². The quantitative estimate of drug-likeness (QED) is 0.670. The third-order valence-corrected chi connectivity index (χ3v) is 4.76. The van der Waals surface area contributed by atoms with Gasteiger partial charge >= 0.3 is 0 Å². The van der Waals surface area contributed by atoms with Crippen LogP contribution in [0.15, 0.2) is 28.9 Å². The van der Waals surface area contributed by atoms with E-state index in [1.54, 1.807) is 11.1 Å². The number of hydrogen-bond acceptors (Lipinski definition) is 4. The highest BCUT2D eigenvalue weighted by Crippen LogP contribution is 2.31. The van der Waals surface area contributed by atoms with Gasteiger partial charge in [0.1, 0.15) is 5.82 Å². The van der Waals surface area contributed by atoms with Gasteiger partial charge in [0.2, 0.25) is 0 Å². The second-order valence-corrected chi connectivity index (χ2v) is 7.01. The molecule has 0 bridgehead atoms. The number of rotatable bonds is 5. The minimum Gasteiger partial charge on any atom is -0.379 e. The molecule has 1 aromatic carbocycles. The van der Waals surface area contributed by atoms with Crippen LogP contribution in [0.1, 0.15) is 5.56 Å². The Bertz CT molecular complexity index is 785. The SMILES string of the molecule is Cc1cc(Br)cnc1N(CCN1CCOCC1)c1ccc(F)c(F)c1F. The summed E-state index contributed by atoms with van der Waals surface area (Å²) in [7, 11) is 0. The molecular formula is C18H19BrF3N3O. The molecule has 8 heteroatoms. The van der Waals surface area contributed by atoms with Crippen molar-refractivity contribution in [2.24, 2.45) is 0 Å². The normalized spacial score (nSPS) is 15.3. The minimum atomic E-state index is -1.48. The molecule has 1 aliphatic heterocycles. The number of aryl methyl sites for hydroxylation is 1. The summed E-state index contributed by atoms with van der Waals surface area (Å²) in [6, 6.07) is 4.03. The van der Waals surface area contributed by atoms with Crippen molar-refractivity contribution in [3.05, 3.63) is 51.9 Å². The highest BCUT2D eigenvalue weighted by Gasteiger charge is 2.23. The first-order chi connectivity index (χ1) is 12.5. The van der Waals surface area contributed by atoms with Crippen molar-refractivity contribution in [2.45, 2.75) is 6.92 Å². The number of morpholine rings is 1. The Labute approximate surface area is 158 Å². The molecule has 0 radical (unpaired) electrons. The average molecular weight is 430 g/mol. The van der Waals surface area contributed by atoms with Crippen LogP contribution in [-0.4, -0.2) is 49.3 Å². The van der Waals surface area contributed by atoms with Crippen LogP contribution in [0.3, 0.4) is 0 Å². The second kappa shape index (κ2) is 8.37. The van der Waals surface area contributed by atoms with E-state index >= 15 is 0 Å². The van der Waals surface area contributed by atoms with E-state index in [1.807, 2.05) is 13.0 Å². The number of hydrogen-bond donors (Lipinski definition) is 0. The Hall–Kier alpha value is -1.64. The van der Waals surface area contributed by atoms with Gasteiger partial charge in [0.25, 0.3) is 0 Å². The van der Waals surface area contributed by atoms with E-state index in [1.165, 1.54) is 6.07 Å². The fraction of sp³-hybridized carbons (Fsp3) is 0.389. The molecule has 26 heavy (non-hydrogen) atoms. The maximum atomic E-state index is 14.4. The molecular weight excluding hydrogens is 411 g/mol. The van der Waals surface area contributed by atoms with E-state index in [4.69, 9.17) is 4.74 Å². The molecule has 4 nitrogen and oxygen atoms in total. The summed E-state index contributed by atoms with van der Waals surface area (Å²) in [6.07, 6.45) is 1.60. The van der Waals surface area contributed by atoms with Gasteiger partial charge in [-0.3, -0.25) is 4.90 Å². The molecule has 2 heterocycles. The van der Waals surface area contributed by atoms with Gasteiger partial charge in [0.05, 0.1) is 18.9 Å². The molecule has 2 aromatic rings. The molecule has 140 valence electrons. The van der Waals surface area contributed by atoms with Crippen LogP contribution in [0.2, 0.25) is 0 Å². The van der Waals surface area contributed by atoms with E-state index in [0.29, 0.717) is 32.1 Å². The van der Waals surface area contributed by atoms with Crippen LogP contribution in [0.25, 0.3) is 0 Å². The van der Waals surface area contributed by atoms with Crippen LogP contribution in [0, 0.1) is 24.4 Å². The smallest absolute Gasteiger partial charge is 0.196 e. The molecule has 0 unspecified atom stereocenters. The lowest BCUT2D eigenvalue weighted by atomic mass is 10.2. The Kier molecular flexibility index (Phi) is 6.16. The van der Waals surface area contributed by atoms with Gasteiger partial charge in [-0.2, -0.15) is 0 Å². The summed E-state index contributed by atoms with van der Waals surface area (Å²) in [5, 5.41) is 0. The molecule has 1 aromatic heterocycles. The van der Waals surface area contributed by atoms with Crippen molar-refractivity contribution in [1.82, 2.24) is 9.88 Å². The summed E-state index contributed by atoms with van der Waals surface area (Å²) < 4.78 is 47.7. The molecule has 3 rings (SSSR count). The molecule has 0 saturated carbocycles. The minimum absolute atomic E-state index is 0.0323. The Morgan fingerprint density at radius 1 is 1.19 bits per heavy atom. The largest absolute Gasteiger partial charge is 0.379 e. The zero-order chi connectivity index (χ0) is 18.7. The van der Waals surface area contributed by atoms with Crippen LogP contribution in [-0.2, 0) is 4.74 Å². The predicted octanol–water partition coefficient (Wildman–Crippen LogP) is 4.04. The maximum absolute atomic E-state index is 14.4. The zero-order valence-electron chi connectivity index (χ0n) is 14.3. The molecule has 0 spiro atoms. The van der Waals surface area contributed by atoms with Crippen LogP contribution in [0.4, 0.5) is 24.7 Å². The van der Waals surface area contributed by atoms with E-state index < -0.39 is 17.5 Å². The number of anilines is 2. The summed E-state index contributed by atoms with van der Waals surface area (Å²) in [5.74, 6) is -3.39. The number of nitrogens with zero attached hydrogens (tertiary/aromatic N) is 3. The Morgan fingerprint density at radius 3 is 2.62 bits per heavy atom. The number of halogens is 4. The maximum Gasteiger partial charge on any atom is 0.196 e. The first-order valence-electron chi connectivity index (χ1n) is 8.30. The first-order valence-corrected chi connectivity index (χ1v) is 9.10. The van der Waals surface area contributed by atoms with Gasteiger partial charge in [-0.25, -0.2) is 18.2 Å². The van der Waals surface area contributed by atoms with Crippen LogP contribution < -0.4 is 4.90 Å². The monoisotopic (exact) mass is 429 g/mol. The highest BCUT2D eigenvalue weighted by atomic mass is 79.9. The lowest BCUT2D eigenvalue weighted by molar-refractivity contribution is 0.0394. The summed E-state index contributed by atoms with van der Waals surface area (Å²) in [6.45, 7) is 5.70. The lowest BCUT2D eigenvalue weighted by Gasteiger charge is -2.31. The molecule has 1 saturated heterocycles. The third kappa shape index (κ3) is 4.19. The fourth-order valence-corrected chi connectivity index (χ4v) is 3.39. The van der Waals surface area contributed by atoms with Crippen molar-refractivity contribution in [2.75, 3.05) is 44.3 Å². The van der Waals surface area contributed by atoms with Crippen LogP contribution in [0.5, 0.6) is 0 Å².